The van der Waals surface area contributed by atoms with Crippen molar-refractivity contribution in [1.82, 2.24) is 10.2 Å². The lowest BCUT2D eigenvalue weighted by molar-refractivity contribution is 0.103. The predicted molar refractivity (Wildman–Crippen MR) is 57.4 cm³/mol. The molecule has 2 aliphatic heterocycles. The molecule has 2 rings (SSSR count). The van der Waals surface area contributed by atoms with E-state index in [-0.39, 0.29) is 0 Å². The Balaban J connectivity index is 1.90. The molecule has 3 nitrogen and oxygen atoms in total. The monoisotopic (exact) mass is 198 g/mol. The zero-order valence-corrected chi connectivity index (χ0v) is 9.17. The minimum atomic E-state index is 0.790. The van der Waals surface area contributed by atoms with Crippen LogP contribution in [0.4, 0.5) is 0 Å². The largest absolute Gasteiger partial charge is 0.380 e. The quantitative estimate of drug-likeness (QED) is 0.671. The van der Waals surface area contributed by atoms with Gasteiger partial charge in [-0.3, -0.25) is 4.90 Å². The lowest BCUT2D eigenvalue weighted by atomic mass is 9.93. The summed E-state index contributed by atoms with van der Waals surface area (Å²) < 4.78 is 5.49. The molecule has 2 fully saturated rings. The minimum absolute atomic E-state index is 0.790. The van der Waals surface area contributed by atoms with E-state index in [2.05, 4.69) is 17.1 Å². The highest BCUT2D eigenvalue weighted by Gasteiger charge is 2.27. The molecule has 0 amide bonds. The zero-order valence-electron chi connectivity index (χ0n) is 9.17. The fraction of sp³-hybridized carbons (Fsp3) is 1.00. The second-order valence-corrected chi connectivity index (χ2v) is 4.54. The average molecular weight is 198 g/mol. The van der Waals surface area contributed by atoms with E-state index in [1.165, 1.54) is 32.5 Å². The van der Waals surface area contributed by atoms with E-state index in [4.69, 9.17) is 4.74 Å². The van der Waals surface area contributed by atoms with Crippen molar-refractivity contribution in [2.45, 2.75) is 25.8 Å². The van der Waals surface area contributed by atoms with Gasteiger partial charge >= 0.3 is 0 Å². The summed E-state index contributed by atoms with van der Waals surface area (Å²) in [6, 6.07) is 0.790. The van der Waals surface area contributed by atoms with Gasteiger partial charge in [0.2, 0.25) is 0 Å². The Morgan fingerprint density at radius 2 is 2.21 bits per heavy atom. The second-order valence-electron chi connectivity index (χ2n) is 4.54. The van der Waals surface area contributed by atoms with Crippen LogP contribution in [0.3, 0.4) is 0 Å². The number of nitrogens with one attached hydrogen (secondary N) is 1. The molecule has 2 aliphatic rings. The van der Waals surface area contributed by atoms with Crippen LogP contribution in [0.2, 0.25) is 0 Å². The third-order valence-electron chi connectivity index (χ3n) is 3.47. The Hall–Kier alpha value is -0.120. The molecule has 0 saturated carbocycles. The van der Waals surface area contributed by atoms with Gasteiger partial charge in [-0.15, -0.1) is 0 Å². The van der Waals surface area contributed by atoms with Crippen LogP contribution in [0.1, 0.15) is 19.8 Å². The summed E-state index contributed by atoms with van der Waals surface area (Å²) in [5.74, 6) is 0.793. The van der Waals surface area contributed by atoms with Crippen molar-refractivity contribution in [2.24, 2.45) is 5.92 Å². The molecule has 0 radical (unpaired) electrons. The fourth-order valence-electron chi connectivity index (χ4n) is 2.64. The molecule has 82 valence electrons. The van der Waals surface area contributed by atoms with Crippen LogP contribution in [0, 0.1) is 5.92 Å². The van der Waals surface area contributed by atoms with Crippen molar-refractivity contribution >= 4 is 0 Å². The van der Waals surface area contributed by atoms with E-state index in [0.717, 1.165) is 31.7 Å². The smallest absolute Gasteiger partial charge is 0.0593 e. The van der Waals surface area contributed by atoms with Gasteiger partial charge in [0.05, 0.1) is 6.61 Å². The average Bonchev–Trinajstić information content (AvgIpc) is 2.47. The molecule has 0 bridgehead atoms. The zero-order chi connectivity index (χ0) is 9.80. The summed E-state index contributed by atoms with van der Waals surface area (Å²) in [6.45, 7) is 8.98. The van der Waals surface area contributed by atoms with Gasteiger partial charge in [0.1, 0.15) is 0 Å². The molecule has 3 heteroatoms. The second kappa shape index (κ2) is 5.10. The van der Waals surface area contributed by atoms with Crippen LogP contribution in [-0.2, 0) is 4.74 Å². The summed E-state index contributed by atoms with van der Waals surface area (Å²) >= 11 is 0. The summed E-state index contributed by atoms with van der Waals surface area (Å²) in [5, 5.41) is 3.46. The Morgan fingerprint density at radius 3 is 3.07 bits per heavy atom. The number of rotatable bonds is 1. The van der Waals surface area contributed by atoms with Crippen molar-refractivity contribution < 1.29 is 4.74 Å². The van der Waals surface area contributed by atoms with Gasteiger partial charge in [-0.25, -0.2) is 0 Å². The maximum atomic E-state index is 5.49. The molecular formula is C11H22N2O. The Morgan fingerprint density at radius 1 is 1.29 bits per heavy atom. The van der Waals surface area contributed by atoms with Crippen molar-refractivity contribution in [1.29, 1.82) is 0 Å². The first-order valence-corrected chi connectivity index (χ1v) is 5.90. The van der Waals surface area contributed by atoms with Crippen LogP contribution < -0.4 is 5.32 Å². The summed E-state index contributed by atoms with van der Waals surface area (Å²) in [5.41, 5.74) is 0. The maximum absolute atomic E-state index is 5.49. The van der Waals surface area contributed by atoms with Crippen LogP contribution in [0.15, 0.2) is 0 Å². The van der Waals surface area contributed by atoms with Crippen molar-refractivity contribution in [3.05, 3.63) is 0 Å². The fourth-order valence-corrected chi connectivity index (χ4v) is 2.64. The van der Waals surface area contributed by atoms with E-state index in [1.54, 1.807) is 0 Å². The van der Waals surface area contributed by atoms with Crippen molar-refractivity contribution in [3.63, 3.8) is 0 Å². The van der Waals surface area contributed by atoms with Gasteiger partial charge < -0.3 is 10.1 Å². The molecule has 0 aliphatic carbocycles. The lowest BCUT2D eigenvalue weighted by Gasteiger charge is -2.38. The first-order chi connectivity index (χ1) is 6.88. The normalized spacial score (nSPS) is 36.6. The van der Waals surface area contributed by atoms with Crippen molar-refractivity contribution in [3.8, 4) is 0 Å². The molecule has 0 aromatic carbocycles. The van der Waals surface area contributed by atoms with Crippen molar-refractivity contribution in [2.75, 3.05) is 39.4 Å². The highest BCUT2D eigenvalue weighted by Crippen LogP contribution is 2.18. The molecule has 14 heavy (non-hydrogen) atoms. The van der Waals surface area contributed by atoms with Crippen LogP contribution >= 0.6 is 0 Å². The molecule has 2 unspecified atom stereocenters. The summed E-state index contributed by atoms with van der Waals surface area (Å²) in [7, 11) is 0. The maximum Gasteiger partial charge on any atom is 0.0593 e. The van der Waals surface area contributed by atoms with Crippen LogP contribution in [0.5, 0.6) is 0 Å². The molecule has 2 heterocycles. The highest BCUT2D eigenvalue weighted by atomic mass is 16.5. The standard InChI is InChI=1S/C11H22N2O/c1-10-9-12-4-3-11(10)13-5-2-7-14-8-6-13/h10-12H,2-9H2,1H3. The number of ether oxygens (including phenoxy) is 1. The Kier molecular flexibility index (Phi) is 3.79. The van der Waals surface area contributed by atoms with Gasteiger partial charge in [-0.05, 0) is 31.8 Å². The predicted octanol–water partition coefficient (Wildman–Crippen LogP) is 0.707. The van der Waals surface area contributed by atoms with Gasteiger partial charge in [0.25, 0.3) is 0 Å². The first kappa shape index (κ1) is 10.4. The topological polar surface area (TPSA) is 24.5 Å². The molecule has 0 aromatic heterocycles. The third-order valence-corrected chi connectivity index (χ3v) is 3.47. The third kappa shape index (κ3) is 2.47. The number of hydrogen-bond acceptors (Lipinski definition) is 3. The first-order valence-electron chi connectivity index (χ1n) is 5.90. The lowest BCUT2D eigenvalue weighted by Crippen LogP contribution is -2.49. The number of piperidine rings is 1. The molecule has 1 N–H and O–H groups in total. The molecule has 0 aromatic rings. The number of nitrogens with zero attached hydrogens (tertiary/aromatic N) is 1. The molecule has 2 saturated heterocycles. The summed E-state index contributed by atoms with van der Waals surface area (Å²) in [6.07, 6.45) is 2.51. The van der Waals surface area contributed by atoms with E-state index >= 15 is 0 Å². The van der Waals surface area contributed by atoms with E-state index in [9.17, 15) is 0 Å². The molecular weight excluding hydrogens is 176 g/mol. The Bertz CT molecular complexity index is 167. The van der Waals surface area contributed by atoms with E-state index in [0.29, 0.717) is 0 Å². The van der Waals surface area contributed by atoms with E-state index in [1.807, 2.05) is 0 Å². The Labute approximate surface area is 86.8 Å². The van der Waals surface area contributed by atoms with Crippen LogP contribution in [-0.4, -0.2) is 50.3 Å². The summed E-state index contributed by atoms with van der Waals surface area (Å²) in [4.78, 5) is 2.64. The highest BCUT2D eigenvalue weighted by molar-refractivity contribution is 4.83. The van der Waals surface area contributed by atoms with Gasteiger partial charge in [0.15, 0.2) is 0 Å². The van der Waals surface area contributed by atoms with Gasteiger partial charge in [-0.1, -0.05) is 6.92 Å². The SMILES string of the molecule is CC1CNCCC1N1CCCOCC1. The van der Waals surface area contributed by atoms with Crippen LogP contribution in [0.25, 0.3) is 0 Å². The van der Waals surface area contributed by atoms with Gasteiger partial charge in [0, 0.05) is 25.7 Å². The number of hydrogen-bond donors (Lipinski definition) is 1. The minimum Gasteiger partial charge on any atom is -0.380 e. The van der Waals surface area contributed by atoms with E-state index < -0.39 is 0 Å². The van der Waals surface area contributed by atoms with Gasteiger partial charge in [-0.2, -0.15) is 0 Å². The molecule has 0 spiro atoms. The molecule has 2 atom stereocenters.